The second-order valence-electron chi connectivity index (χ2n) is 5.79. The van der Waals surface area contributed by atoms with Gasteiger partial charge in [0.1, 0.15) is 5.75 Å². The maximum Gasteiger partial charge on any atom is 0.233 e. The van der Waals surface area contributed by atoms with E-state index < -0.39 is 5.41 Å². The lowest BCUT2D eigenvalue weighted by molar-refractivity contribution is -0.130. The van der Waals surface area contributed by atoms with Gasteiger partial charge in [0.25, 0.3) is 0 Å². The first-order valence-corrected chi connectivity index (χ1v) is 7.94. The second-order valence-corrected chi connectivity index (χ2v) is 5.79. The van der Waals surface area contributed by atoms with E-state index in [1.54, 1.807) is 7.11 Å². The highest BCUT2D eigenvalue weighted by Gasteiger charge is 2.39. The first-order chi connectivity index (χ1) is 10.7. The number of carbonyl (C=O) groups is 1. The number of carbonyl (C=O) groups excluding carboxylic acids is 1. The highest BCUT2D eigenvalue weighted by Crippen LogP contribution is 2.31. The van der Waals surface area contributed by atoms with Gasteiger partial charge in [0.15, 0.2) is 0 Å². The molecule has 1 aliphatic heterocycles. The molecule has 23 heavy (non-hydrogen) atoms. The van der Waals surface area contributed by atoms with Gasteiger partial charge in [0.05, 0.1) is 18.6 Å². The molecule has 1 saturated heterocycles. The fraction of sp³-hybridized carbons (Fsp3) is 0.588. The predicted molar refractivity (Wildman–Crippen MR) is 94.5 cm³/mol. The summed E-state index contributed by atoms with van der Waals surface area (Å²) in [6.45, 7) is 4.88. The topological polar surface area (TPSA) is 59.6 Å². The number of hydrogen-bond donors (Lipinski definition) is 2. The lowest BCUT2D eigenvalue weighted by Gasteiger charge is -2.35. The van der Waals surface area contributed by atoms with Crippen molar-refractivity contribution in [1.29, 1.82) is 0 Å². The van der Waals surface area contributed by atoms with Crippen LogP contribution in [0.3, 0.4) is 0 Å². The summed E-state index contributed by atoms with van der Waals surface area (Å²) in [5, 5.41) is 6.32. The summed E-state index contributed by atoms with van der Waals surface area (Å²) in [7, 11) is 1.65. The molecule has 0 aromatic heterocycles. The Labute approximate surface area is 144 Å². The van der Waals surface area contributed by atoms with Crippen molar-refractivity contribution in [2.75, 3.05) is 38.7 Å². The van der Waals surface area contributed by atoms with Crippen LogP contribution in [0, 0.1) is 5.41 Å². The summed E-state index contributed by atoms with van der Waals surface area (Å²) in [5.74, 6) is 0.814. The lowest BCUT2D eigenvalue weighted by Crippen LogP contribution is -2.47. The van der Waals surface area contributed by atoms with Crippen LogP contribution >= 0.6 is 12.4 Å². The van der Waals surface area contributed by atoms with Crippen molar-refractivity contribution in [3.8, 4) is 5.75 Å². The Morgan fingerprint density at radius 1 is 1.35 bits per heavy atom. The minimum absolute atomic E-state index is 0. The number of methoxy groups -OCH3 is 1. The van der Waals surface area contributed by atoms with E-state index >= 15 is 0 Å². The van der Waals surface area contributed by atoms with Crippen molar-refractivity contribution in [3.05, 3.63) is 24.3 Å². The summed E-state index contributed by atoms with van der Waals surface area (Å²) >= 11 is 0. The molecule has 0 aliphatic carbocycles. The van der Waals surface area contributed by atoms with E-state index in [9.17, 15) is 4.79 Å². The van der Waals surface area contributed by atoms with E-state index in [4.69, 9.17) is 9.47 Å². The van der Waals surface area contributed by atoms with Crippen LogP contribution in [-0.2, 0) is 9.53 Å². The Kier molecular flexibility index (Phi) is 8.37. The average Bonchev–Trinajstić information content (AvgIpc) is 2.54. The second kappa shape index (κ2) is 9.75. The van der Waals surface area contributed by atoms with Gasteiger partial charge in [-0.1, -0.05) is 13.0 Å². The molecule has 0 saturated carbocycles. The molecule has 2 N–H and O–H groups in total. The Hall–Kier alpha value is -1.30. The van der Waals surface area contributed by atoms with Crippen molar-refractivity contribution in [1.82, 2.24) is 5.32 Å². The number of hydrogen-bond acceptors (Lipinski definition) is 4. The van der Waals surface area contributed by atoms with Gasteiger partial charge in [-0.05, 0) is 44.5 Å². The van der Waals surface area contributed by atoms with Gasteiger partial charge in [-0.2, -0.15) is 0 Å². The van der Waals surface area contributed by atoms with E-state index in [0.29, 0.717) is 13.2 Å². The fourth-order valence-corrected chi connectivity index (χ4v) is 2.77. The van der Waals surface area contributed by atoms with Gasteiger partial charge in [0, 0.05) is 18.9 Å². The van der Waals surface area contributed by atoms with Gasteiger partial charge in [-0.3, -0.25) is 4.79 Å². The van der Waals surface area contributed by atoms with Gasteiger partial charge >= 0.3 is 0 Å². The zero-order valence-electron chi connectivity index (χ0n) is 13.9. The predicted octanol–water partition coefficient (Wildman–Crippen LogP) is 2.85. The van der Waals surface area contributed by atoms with Crippen LogP contribution in [0.4, 0.5) is 5.69 Å². The number of amides is 1. The molecule has 0 radical (unpaired) electrons. The minimum Gasteiger partial charge on any atom is -0.494 e. The number of nitrogens with one attached hydrogen (secondary N) is 2. The first-order valence-electron chi connectivity index (χ1n) is 7.94. The maximum absolute atomic E-state index is 12.7. The Balaban J connectivity index is 0.00000264. The summed E-state index contributed by atoms with van der Waals surface area (Å²) in [4.78, 5) is 12.7. The Morgan fingerprint density at radius 2 is 2.09 bits per heavy atom. The highest BCUT2D eigenvalue weighted by molar-refractivity contribution is 5.95. The van der Waals surface area contributed by atoms with Gasteiger partial charge in [-0.15, -0.1) is 12.4 Å². The number of piperidine rings is 1. The molecular weight excluding hydrogens is 316 g/mol. The van der Waals surface area contributed by atoms with E-state index in [1.165, 1.54) is 0 Å². The van der Waals surface area contributed by atoms with Crippen LogP contribution in [0.1, 0.15) is 26.2 Å². The van der Waals surface area contributed by atoms with Crippen LogP contribution in [0.2, 0.25) is 0 Å². The molecular formula is C17H27ClN2O3. The molecule has 0 bridgehead atoms. The number of benzene rings is 1. The molecule has 1 heterocycles. The van der Waals surface area contributed by atoms with Gasteiger partial charge < -0.3 is 20.1 Å². The standard InChI is InChI=1S/C17H26N2O3.ClH/c1-3-11-22-15-6-4-5-14(12-15)19-16(20)17(13-21-2)7-9-18-10-8-17;/h4-6,12,18H,3,7-11,13H2,1-2H3,(H,19,20);1H. The highest BCUT2D eigenvalue weighted by atomic mass is 35.5. The van der Waals surface area contributed by atoms with Crippen molar-refractivity contribution < 1.29 is 14.3 Å². The lowest BCUT2D eigenvalue weighted by atomic mass is 9.78. The van der Waals surface area contributed by atoms with Crippen molar-refractivity contribution in [3.63, 3.8) is 0 Å². The first kappa shape index (κ1) is 19.7. The molecule has 2 rings (SSSR count). The molecule has 130 valence electrons. The molecule has 0 unspecified atom stereocenters. The quantitative estimate of drug-likeness (QED) is 0.800. The molecule has 1 fully saturated rings. The fourth-order valence-electron chi connectivity index (χ4n) is 2.77. The molecule has 1 aromatic rings. The number of ether oxygens (including phenoxy) is 2. The van der Waals surface area contributed by atoms with E-state index in [2.05, 4.69) is 17.6 Å². The third-order valence-corrected chi connectivity index (χ3v) is 4.03. The normalized spacial score (nSPS) is 16.3. The van der Waals surface area contributed by atoms with Crippen LogP contribution < -0.4 is 15.4 Å². The smallest absolute Gasteiger partial charge is 0.233 e. The monoisotopic (exact) mass is 342 g/mol. The Morgan fingerprint density at radius 3 is 2.74 bits per heavy atom. The molecule has 0 spiro atoms. The number of halogens is 1. The van der Waals surface area contributed by atoms with Crippen molar-refractivity contribution >= 4 is 24.0 Å². The summed E-state index contributed by atoms with van der Waals surface area (Å²) in [5.41, 5.74) is 0.327. The average molecular weight is 343 g/mol. The van der Waals surface area contributed by atoms with Crippen LogP contribution in [0.5, 0.6) is 5.75 Å². The minimum atomic E-state index is -0.444. The van der Waals surface area contributed by atoms with Crippen molar-refractivity contribution in [2.24, 2.45) is 5.41 Å². The SMILES string of the molecule is CCCOc1cccc(NC(=O)C2(COC)CCNCC2)c1.Cl. The van der Waals surface area contributed by atoms with Crippen LogP contribution in [0.25, 0.3) is 0 Å². The summed E-state index contributed by atoms with van der Waals surface area (Å²) < 4.78 is 10.9. The molecule has 1 aliphatic rings. The van der Waals surface area contributed by atoms with Crippen molar-refractivity contribution in [2.45, 2.75) is 26.2 Å². The molecule has 1 amide bonds. The van der Waals surface area contributed by atoms with Crippen LogP contribution in [-0.4, -0.2) is 39.3 Å². The van der Waals surface area contributed by atoms with E-state index in [-0.39, 0.29) is 18.3 Å². The molecule has 6 heteroatoms. The van der Waals surface area contributed by atoms with Gasteiger partial charge in [0.2, 0.25) is 5.91 Å². The zero-order valence-corrected chi connectivity index (χ0v) is 14.7. The third-order valence-electron chi connectivity index (χ3n) is 4.03. The third kappa shape index (κ3) is 5.37. The summed E-state index contributed by atoms with van der Waals surface area (Å²) in [6, 6.07) is 7.56. The zero-order chi connectivity index (χ0) is 15.8. The van der Waals surface area contributed by atoms with Crippen LogP contribution in [0.15, 0.2) is 24.3 Å². The summed E-state index contributed by atoms with van der Waals surface area (Å²) in [6.07, 6.45) is 2.54. The number of rotatable bonds is 7. The molecule has 5 nitrogen and oxygen atoms in total. The van der Waals surface area contributed by atoms with E-state index in [1.807, 2.05) is 24.3 Å². The van der Waals surface area contributed by atoms with Gasteiger partial charge in [-0.25, -0.2) is 0 Å². The maximum atomic E-state index is 12.7. The largest absolute Gasteiger partial charge is 0.494 e. The number of anilines is 1. The molecule has 0 atom stereocenters. The molecule has 1 aromatic carbocycles. The Bertz CT molecular complexity index is 485. The van der Waals surface area contributed by atoms with E-state index in [0.717, 1.165) is 43.8 Å².